The number of aryl methyl sites for hydroxylation is 1. The summed E-state index contributed by atoms with van der Waals surface area (Å²) in [6, 6.07) is 3.51. The normalized spacial score (nSPS) is 11.0. The van der Waals surface area contributed by atoms with Gasteiger partial charge in [-0.15, -0.1) is 26.9 Å². The van der Waals surface area contributed by atoms with Crippen LogP contribution in [0, 0.1) is 0 Å². The van der Waals surface area contributed by atoms with Crippen molar-refractivity contribution in [1.29, 1.82) is 0 Å². The fourth-order valence-corrected chi connectivity index (χ4v) is 1.78. The Morgan fingerprint density at radius 1 is 1.26 bits per heavy atom. The van der Waals surface area contributed by atoms with E-state index in [4.69, 9.17) is 20.4 Å². The molecule has 98 valence electrons. The Morgan fingerprint density at radius 3 is 3.00 bits per heavy atom. The molecule has 0 aliphatic rings. The summed E-state index contributed by atoms with van der Waals surface area (Å²) in [7, 11) is 0. The molecule has 0 aliphatic heterocycles. The maximum Gasteiger partial charge on any atom is 0.283 e. The molecule has 0 bridgehead atoms. The molecule has 19 heavy (non-hydrogen) atoms. The van der Waals surface area contributed by atoms with E-state index in [0.717, 1.165) is 5.69 Å². The van der Waals surface area contributed by atoms with Gasteiger partial charge < -0.3 is 8.83 Å². The van der Waals surface area contributed by atoms with Crippen molar-refractivity contribution >= 4 is 11.6 Å². The van der Waals surface area contributed by atoms with Gasteiger partial charge in [0.15, 0.2) is 5.76 Å². The SMILES string of the molecule is ClCCc1cn(Cc2nnc(-c3ccco3)o2)nn1. The van der Waals surface area contributed by atoms with Crippen LogP contribution in [-0.4, -0.2) is 31.1 Å². The van der Waals surface area contributed by atoms with Crippen molar-refractivity contribution < 1.29 is 8.83 Å². The Hall–Kier alpha value is -2.15. The molecular weight excluding hydrogens is 270 g/mol. The molecule has 7 nitrogen and oxygen atoms in total. The van der Waals surface area contributed by atoms with Gasteiger partial charge in [0.25, 0.3) is 5.89 Å². The molecule has 0 N–H and O–H groups in total. The first-order valence-corrected chi connectivity index (χ1v) is 6.20. The van der Waals surface area contributed by atoms with E-state index in [1.54, 1.807) is 29.3 Å². The highest BCUT2D eigenvalue weighted by Crippen LogP contribution is 2.17. The topological polar surface area (TPSA) is 82.8 Å². The number of aromatic nitrogens is 5. The van der Waals surface area contributed by atoms with Crippen LogP contribution in [0.5, 0.6) is 0 Å². The van der Waals surface area contributed by atoms with Crippen molar-refractivity contribution in [3.63, 3.8) is 0 Å². The fraction of sp³-hybridized carbons (Fsp3) is 0.273. The molecule has 3 aromatic heterocycles. The lowest BCUT2D eigenvalue weighted by Crippen LogP contribution is -2.00. The third-order valence-electron chi connectivity index (χ3n) is 2.43. The number of rotatable bonds is 5. The van der Waals surface area contributed by atoms with E-state index in [0.29, 0.717) is 36.4 Å². The van der Waals surface area contributed by atoms with Gasteiger partial charge in [-0.25, -0.2) is 4.68 Å². The fourth-order valence-electron chi connectivity index (χ4n) is 1.58. The molecule has 0 aliphatic carbocycles. The summed E-state index contributed by atoms with van der Waals surface area (Å²) >= 11 is 5.64. The second kappa shape index (κ2) is 5.23. The average Bonchev–Trinajstić information content (AvgIpc) is 3.10. The molecule has 0 radical (unpaired) electrons. The summed E-state index contributed by atoms with van der Waals surface area (Å²) in [6.07, 6.45) is 4.04. The zero-order valence-electron chi connectivity index (χ0n) is 9.86. The van der Waals surface area contributed by atoms with E-state index in [-0.39, 0.29) is 0 Å². The first-order valence-electron chi connectivity index (χ1n) is 5.66. The number of halogens is 1. The Labute approximate surface area is 113 Å². The van der Waals surface area contributed by atoms with Crippen LogP contribution in [-0.2, 0) is 13.0 Å². The first-order chi connectivity index (χ1) is 9.35. The quantitative estimate of drug-likeness (QED) is 0.662. The number of nitrogens with zero attached hydrogens (tertiary/aromatic N) is 5. The van der Waals surface area contributed by atoms with Crippen molar-refractivity contribution in [2.24, 2.45) is 0 Å². The largest absolute Gasteiger partial charge is 0.459 e. The highest BCUT2D eigenvalue weighted by atomic mass is 35.5. The van der Waals surface area contributed by atoms with Crippen molar-refractivity contribution in [3.05, 3.63) is 36.2 Å². The minimum Gasteiger partial charge on any atom is -0.459 e. The third kappa shape index (κ3) is 2.65. The van der Waals surface area contributed by atoms with Crippen molar-refractivity contribution in [3.8, 4) is 11.7 Å². The summed E-state index contributed by atoms with van der Waals surface area (Å²) in [5.41, 5.74) is 0.834. The van der Waals surface area contributed by atoms with Gasteiger partial charge in [-0.3, -0.25) is 0 Å². The van der Waals surface area contributed by atoms with Crippen LogP contribution < -0.4 is 0 Å². The summed E-state index contributed by atoms with van der Waals surface area (Å²) in [4.78, 5) is 0. The zero-order valence-corrected chi connectivity index (χ0v) is 10.6. The number of hydrogen-bond acceptors (Lipinski definition) is 6. The van der Waals surface area contributed by atoms with Crippen LogP contribution in [0.1, 0.15) is 11.6 Å². The molecule has 3 aromatic rings. The van der Waals surface area contributed by atoms with Crippen LogP contribution in [0.25, 0.3) is 11.7 Å². The molecule has 0 atom stereocenters. The molecule has 0 saturated heterocycles. The zero-order chi connectivity index (χ0) is 13.1. The summed E-state index contributed by atoms with van der Waals surface area (Å²) in [5.74, 6) is 1.84. The Bertz CT molecular complexity index is 646. The van der Waals surface area contributed by atoms with Gasteiger partial charge in [0.05, 0.1) is 12.0 Å². The second-order valence-corrected chi connectivity index (χ2v) is 4.20. The highest BCUT2D eigenvalue weighted by Gasteiger charge is 2.11. The van der Waals surface area contributed by atoms with Crippen LogP contribution in [0.15, 0.2) is 33.4 Å². The molecular formula is C11H10ClN5O2. The van der Waals surface area contributed by atoms with E-state index in [1.165, 1.54) is 0 Å². The Balaban J connectivity index is 1.72. The molecule has 0 amide bonds. The lowest BCUT2D eigenvalue weighted by Gasteiger charge is -1.93. The molecule has 8 heteroatoms. The second-order valence-electron chi connectivity index (χ2n) is 3.82. The molecule has 0 saturated carbocycles. The van der Waals surface area contributed by atoms with Crippen molar-refractivity contribution in [1.82, 2.24) is 25.2 Å². The predicted molar refractivity (Wildman–Crippen MR) is 65.5 cm³/mol. The van der Waals surface area contributed by atoms with Gasteiger partial charge in [0.2, 0.25) is 5.89 Å². The highest BCUT2D eigenvalue weighted by molar-refractivity contribution is 6.17. The van der Waals surface area contributed by atoms with E-state index in [2.05, 4.69) is 20.5 Å². The van der Waals surface area contributed by atoms with Crippen LogP contribution >= 0.6 is 11.6 Å². The van der Waals surface area contributed by atoms with Gasteiger partial charge in [-0.1, -0.05) is 5.21 Å². The number of furan rings is 1. The van der Waals surface area contributed by atoms with E-state index in [1.807, 2.05) is 0 Å². The van der Waals surface area contributed by atoms with Gasteiger partial charge in [-0.05, 0) is 12.1 Å². The van der Waals surface area contributed by atoms with E-state index in [9.17, 15) is 0 Å². The number of alkyl halides is 1. The monoisotopic (exact) mass is 279 g/mol. The summed E-state index contributed by atoms with van der Waals surface area (Å²) in [6.45, 7) is 0.364. The smallest absolute Gasteiger partial charge is 0.283 e. The van der Waals surface area contributed by atoms with Gasteiger partial charge in [-0.2, -0.15) is 0 Å². The van der Waals surface area contributed by atoms with Crippen LogP contribution in [0.4, 0.5) is 0 Å². The maximum absolute atomic E-state index is 5.64. The molecule has 3 rings (SSSR count). The minimum atomic E-state index is 0.348. The molecule has 0 fully saturated rings. The Kier molecular flexibility index (Phi) is 3.28. The van der Waals surface area contributed by atoms with Gasteiger partial charge in [0, 0.05) is 18.5 Å². The lowest BCUT2D eigenvalue weighted by atomic mass is 10.4. The Morgan fingerprint density at radius 2 is 2.21 bits per heavy atom. The summed E-state index contributed by atoms with van der Waals surface area (Å²) < 4.78 is 12.3. The van der Waals surface area contributed by atoms with Crippen LogP contribution in [0.3, 0.4) is 0 Å². The number of hydrogen-bond donors (Lipinski definition) is 0. The maximum atomic E-state index is 5.64. The molecule has 0 aromatic carbocycles. The van der Waals surface area contributed by atoms with Crippen LogP contribution in [0.2, 0.25) is 0 Å². The van der Waals surface area contributed by atoms with E-state index >= 15 is 0 Å². The molecule has 0 unspecified atom stereocenters. The third-order valence-corrected chi connectivity index (χ3v) is 2.62. The average molecular weight is 280 g/mol. The standard InChI is InChI=1S/C11H10ClN5O2/c12-4-3-8-6-17(16-13-8)7-10-14-15-11(19-10)9-2-1-5-18-9/h1-2,5-6H,3-4,7H2. The van der Waals surface area contributed by atoms with Crippen molar-refractivity contribution in [2.75, 3.05) is 5.88 Å². The van der Waals surface area contributed by atoms with Crippen molar-refractivity contribution in [2.45, 2.75) is 13.0 Å². The molecule has 0 spiro atoms. The summed E-state index contributed by atoms with van der Waals surface area (Å²) in [5, 5.41) is 15.8. The van der Waals surface area contributed by atoms with Gasteiger partial charge in [0.1, 0.15) is 6.54 Å². The molecule has 3 heterocycles. The minimum absolute atomic E-state index is 0.348. The predicted octanol–water partition coefficient (Wildman–Crippen LogP) is 1.75. The lowest BCUT2D eigenvalue weighted by molar-refractivity contribution is 0.454. The van der Waals surface area contributed by atoms with Gasteiger partial charge >= 0.3 is 0 Å². The van der Waals surface area contributed by atoms with E-state index < -0.39 is 0 Å². The first kappa shape index (κ1) is 11.9.